The van der Waals surface area contributed by atoms with E-state index in [1.165, 1.54) is 11.1 Å². The first-order valence-corrected chi connectivity index (χ1v) is 9.44. The van der Waals surface area contributed by atoms with Crippen LogP contribution in [0, 0.1) is 6.92 Å². The van der Waals surface area contributed by atoms with Gasteiger partial charge in [-0.2, -0.15) is 0 Å². The van der Waals surface area contributed by atoms with Crippen LogP contribution >= 0.6 is 24.0 Å². The molecule has 0 radical (unpaired) electrons. The first kappa shape index (κ1) is 23.9. The summed E-state index contributed by atoms with van der Waals surface area (Å²) in [6.07, 6.45) is 0.826. The maximum atomic E-state index is 12.0. The molecular weight excluding hydrogens is 463 g/mol. The lowest BCUT2D eigenvalue weighted by molar-refractivity contribution is 0.0953. The molecule has 1 atom stereocenters. The minimum Gasteiger partial charge on any atom is -0.356 e. The summed E-state index contributed by atoms with van der Waals surface area (Å²) in [5.74, 6) is 1.14. The highest BCUT2D eigenvalue weighted by molar-refractivity contribution is 14.0. The SMILES string of the molecule is CN=C(NCCCNC(=O)c1ccccc1)NCC(C)c1cccc(C)c1.I. The second-order valence-corrected chi connectivity index (χ2v) is 6.67. The minimum absolute atomic E-state index is 0. The van der Waals surface area contributed by atoms with Gasteiger partial charge < -0.3 is 16.0 Å². The van der Waals surface area contributed by atoms with Crippen LogP contribution < -0.4 is 16.0 Å². The lowest BCUT2D eigenvalue weighted by Gasteiger charge is -2.17. The Labute approximate surface area is 185 Å². The minimum atomic E-state index is -0.0370. The Morgan fingerprint density at radius 1 is 1.00 bits per heavy atom. The number of hydrogen-bond donors (Lipinski definition) is 3. The maximum Gasteiger partial charge on any atom is 0.251 e. The molecule has 5 nitrogen and oxygen atoms in total. The Balaban J connectivity index is 0.00000392. The van der Waals surface area contributed by atoms with Crippen molar-refractivity contribution in [3.63, 3.8) is 0 Å². The van der Waals surface area contributed by atoms with Gasteiger partial charge in [-0.15, -0.1) is 24.0 Å². The smallest absolute Gasteiger partial charge is 0.251 e. The van der Waals surface area contributed by atoms with Crippen molar-refractivity contribution < 1.29 is 4.79 Å². The second-order valence-electron chi connectivity index (χ2n) is 6.67. The fraction of sp³-hybridized carbons (Fsp3) is 0.364. The van der Waals surface area contributed by atoms with E-state index < -0.39 is 0 Å². The average molecular weight is 494 g/mol. The van der Waals surface area contributed by atoms with E-state index in [1.54, 1.807) is 7.05 Å². The number of benzene rings is 2. The molecule has 0 aliphatic rings. The number of nitrogens with zero attached hydrogens (tertiary/aromatic N) is 1. The van der Waals surface area contributed by atoms with E-state index in [2.05, 4.69) is 59.1 Å². The van der Waals surface area contributed by atoms with Crippen molar-refractivity contribution in [1.29, 1.82) is 0 Å². The van der Waals surface area contributed by atoms with E-state index in [1.807, 2.05) is 30.3 Å². The number of hydrogen-bond acceptors (Lipinski definition) is 2. The first-order chi connectivity index (χ1) is 13.1. The van der Waals surface area contributed by atoms with Gasteiger partial charge in [-0.05, 0) is 37.0 Å². The number of nitrogens with one attached hydrogen (secondary N) is 3. The topological polar surface area (TPSA) is 65.5 Å². The third kappa shape index (κ3) is 8.29. The monoisotopic (exact) mass is 494 g/mol. The highest BCUT2D eigenvalue weighted by Gasteiger charge is 2.07. The fourth-order valence-corrected chi connectivity index (χ4v) is 2.75. The summed E-state index contributed by atoms with van der Waals surface area (Å²) < 4.78 is 0. The lowest BCUT2D eigenvalue weighted by Crippen LogP contribution is -2.40. The van der Waals surface area contributed by atoms with E-state index in [4.69, 9.17) is 0 Å². The van der Waals surface area contributed by atoms with Gasteiger partial charge in [0.05, 0.1) is 0 Å². The summed E-state index contributed by atoms with van der Waals surface area (Å²) in [7, 11) is 1.77. The van der Waals surface area contributed by atoms with Gasteiger partial charge in [0.2, 0.25) is 0 Å². The molecule has 0 heterocycles. The third-order valence-corrected chi connectivity index (χ3v) is 4.38. The maximum absolute atomic E-state index is 12.0. The Bertz CT molecular complexity index is 749. The Morgan fingerprint density at radius 3 is 2.39 bits per heavy atom. The van der Waals surface area contributed by atoms with Crippen LogP contribution in [-0.4, -0.2) is 38.5 Å². The molecule has 0 saturated carbocycles. The predicted molar refractivity (Wildman–Crippen MR) is 128 cm³/mol. The van der Waals surface area contributed by atoms with Crippen LogP contribution in [0.1, 0.15) is 40.7 Å². The average Bonchev–Trinajstić information content (AvgIpc) is 2.70. The van der Waals surface area contributed by atoms with Crippen LogP contribution in [0.3, 0.4) is 0 Å². The van der Waals surface area contributed by atoms with Crippen LogP contribution in [0.4, 0.5) is 0 Å². The number of rotatable bonds is 8. The summed E-state index contributed by atoms with van der Waals surface area (Å²) in [5, 5.41) is 9.58. The zero-order valence-electron chi connectivity index (χ0n) is 16.9. The van der Waals surface area contributed by atoms with Gasteiger partial charge in [0, 0.05) is 32.2 Å². The van der Waals surface area contributed by atoms with Crippen molar-refractivity contribution in [1.82, 2.24) is 16.0 Å². The van der Waals surface area contributed by atoms with Gasteiger partial charge in [0.25, 0.3) is 5.91 Å². The van der Waals surface area contributed by atoms with E-state index in [9.17, 15) is 4.79 Å². The van der Waals surface area contributed by atoms with Crippen LogP contribution in [0.2, 0.25) is 0 Å². The molecular formula is C22H31IN4O. The molecule has 0 aromatic heterocycles. The summed E-state index contributed by atoms with van der Waals surface area (Å²) in [6.45, 7) is 6.49. The van der Waals surface area contributed by atoms with Crippen molar-refractivity contribution in [2.24, 2.45) is 4.99 Å². The molecule has 1 unspecified atom stereocenters. The molecule has 0 fully saturated rings. The van der Waals surface area contributed by atoms with Crippen LogP contribution in [0.5, 0.6) is 0 Å². The quantitative estimate of drug-likeness (QED) is 0.227. The van der Waals surface area contributed by atoms with Crippen molar-refractivity contribution in [2.45, 2.75) is 26.2 Å². The van der Waals surface area contributed by atoms with Gasteiger partial charge in [-0.1, -0.05) is 55.0 Å². The molecule has 2 rings (SSSR count). The number of aliphatic imine (C=N–C) groups is 1. The van der Waals surface area contributed by atoms with Gasteiger partial charge in [0.15, 0.2) is 5.96 Å². The predicted octanol–water partition coefficient (Wildman–Crippen LogP) is 3.70. The van der Waals surface area contributed by atoms with Crippen molar-refractivity contribution in [3.05, 3.63) is 71.3 Å². The molecule has 6 heteroatoms. The van der Waals surface area contributed by atoms with E-state index >= 15 is 0 Å². The Hall–Kier alpha value is -2.09. The molecule has 0 saturated heterocycles. The number of amides is 1. The van der Waals surface area contributed by atoms with Crippen molar-refractivity contribution in [3.8, 4) is 0 Å². The Kier molecular flexibility index (Phi) is 11.2. The van der Waals surface area contributed by atoms with Crippen LogP contribution in [-0.2, 0) is 0 Å². The molecule has 0 bridgehead atoms. The lowest BCUT2D eigenvalue weighted by atomic mass is 9.99. The number of carbonyl (C=O) groups excluding carboxylic acids is 1. The third-order valence-electron chi connectivity index (χ3n) is 4.38. The van der Waals surface area contributed by atoms with Gasteiger partial charge >= 0.3 is 0 Å². The molecule has 28 heavy (non-hydrogen) atoms. The molecule has 0 aliphatic heterocycles. The molecule has 0 aliphatic carbocycles. The standard InChI is InChI=1S/C22H30N4O.HI/c1-17-9-7-12-20(15-17)18(2)16-26-22(23-3)25-14-8-13-24-21(27)19-10-5-4-6-11-19;/h4-7,9-12,15,18H,8,13-14,16H2,1-3H3,(H,24,27)(H2,23,25,26);1H. The van der Waals surface area contributed by atoms with Gasteiger partial charge in [-0.25, -0.2) is 0 Å². The highest BCUT2D eigenvalue weighted by Crippen LogP contribution is 2.15. The van der Waals surface area contributed by atoms with Gasteiger partial charge in [0.1, 0.15) is 0 Å². The number of guanidine groups is 1. The number of carbonyl (C=O) groups is 1. The molecule has 0 spiro atoms. The van der Waals surface area contributed by atoms with Crippen molar-refractivity contribution in [2.75, 3.05) is 26.7 Å². The summed E-state index contributed by atoms with van der Waals surface area (Å²) in [4.78, 5) is 16.2. The summed E-state index contributed by atoms with van der Waals surface area (Å²) in [5.41, 5.74) is 3.29. The van der Waals surface area contributed by atoms with E-state index in [0.717, 1.165) is 25.5 Å². The normalized spacial score (nSPS) is 11.9. The molecule has 2 aromatic carbocycles. The number of halogens is 1. The highest BCUT2D eigenvalue weighted by atomic mass is 127. The largest absolute Gasteiger partial charge is 0.356 e. The zero-order chi connectivity index (χ0) is 19.5. The molecule has 3 N–H and O–H groups in total. The zero-order valence-corrected chi connectivity index (χ0v) is 19.2. The Morgan fingerprint density at radius 2 is 1.71 bits per heavy atom. The molecule has 1 amide bonds. The number of aryl methyl sites for hydroxylation is 1. The van der Waals surface area contributed by atoms with Crippen LogP contribution in [0.25, 0.3) is 0 Å². The van der Waals surface area contributed by atoms with Crippen LogP contribution in [0.15, 0.2) is 59.6 Å². The van der Waals surface area contributed by atoms with E-state index in [-0.39, 0.29) is 29.9 Å². The van der Waals surface area contributed by atoms with E-state index in [0.29, 0.717) is 18.0 Å². The fourth-order valence-electron chi connectivity index (χ4n) is 2.75. The summed E-state index contributed by atoms with van der Waals surface area (Å²) >= 11 is 0. The second kappa shape index (κ2) is 13.1. The first-order valence-electron chi connectivity index (χ1n) is 9.44. The molecule has 152 valence electrons. The molecule has 2 aromatic rings. The summed E-state index contributed by atoms with van der Waals surface area (Å²) in [6, 6.07) is 17.8. The van der Waals surface area contributed by atoms with Crippen molar-refractivity contribution >= 4 is 35.8 Å². The van der Waals surface area contributed by atoms with Gasteiger partial charge in [-0.3, -0.25) is 9.79 Å².